The van der Waals surface area contributed by atoms with Crippen LogP contribution in [0, 0.1) is 5.92 Å². The van der Waals surface area contributed by atoms with Crippen LogP contribution in [-0.2, 0) is 14.4 Å². The summed E-state index contributed by atoms with van der Waals surface area (Å²) >= 11 is 0. The summed E-state index contributed by atoms with van der Waals surface area (Å²) in [6.45, 7) is 2.81. The van der Waals surface area contributed by atoms with Crippen molar-refractivity contribution in [1.82, 2.24) is 15.7 Å². The Hall–Kier alpha value is -1.96. The van der Waals surface area contributed by atoms with Crippen LogP contribution in [0.3, 0.4) is 0 Å². The van der Waals surface area contributed by atoms with Gasteiger partial charge in [0.15, 0.2) is 6.17 Å². The monoisotopic (exact) mass is 411 g/mol. The summed E-state index contributed by atoms with van der Waals surface area (Å²) in [5.74, 6) is -3.16. The molecule has 2 aliphatic rings. The Kier molecular flexibility index (Phi) is 9.57. The van der Waals surface area contributed by atoms with Crippen molar-refractivity contribution in [3.05, 3.63) is 11.6 Å². The lowest BCUT2D eigenvalue weighted by molar-refractivity contribution is -0.149. The molecule has 1 saturated heterocycles. The molecule has 0 radical (unpaired) electrons. The Morgan fingerprint density at radius 2 is 2.10 bits per heavy atom. The van der Waals surface area contributed by atoms with Gasteiger partial charge < -0.3 is 10.2 Å². The van der Waals surface area contributed by atoms with Gasteiger partial charge in [0, 0.05) is 13.1 Å². The zero-order chi connectivity index (χ0) is 21.2. The minimum Gasteiger partial charge on any atom is -0.354 e. The van der Waals surface area contributed by atoms with Crippen LogP contribution in [-0.4, -0.2) is 53.1 Å². The number of amides is 3. The maximum Gasteiger partial charge on any atom is 0.278 e. The van der Waals surface area contributed by atoms with Crippen LogP contribution >= 0.6 is 0 Å². The molecule has 0 aromatic heterocycles. The van der Waals surface area contributed by atoms with E-state index in [1.807, 2.05) is 6.92 Å². The van der Waals surface area contributed by atoms with E-state index in [4.69, 9.17) is 5.21 Å². The van der Waals surface area contributed by atoms with Crippen LogP contribution in [0.25, 0.3) is 0 Å². The van der Waals surface area contributed by atoms with Crippen molar-refractivity contribution in [2.75, 3.05) is 13.1 Å². The summed E-state index contributed by atoms with van der Waals surface area (Å²) in [5, 5.41) is 11.7. The predicted octanol–water partition coefficient (Wildman–Crippen LogP) is 2.63. The first kappa shape index (κ1) is 23.3. The first-order chi connectivity index (χ1) is 14.0. The van der Waals surface area contributed by atoms with Crippen molar-refractivity contribution in [2.24, 2.45) is 5.92 Å². The molecule has 164 valence electrons. The molecule has 0 bridgehead atoms. The fourth-order valence-electron chi connectivity index (χ4n) is 4.18. The molecule has 0 spiro atoms. The number of halogens is 1. The van der Waals surface area contributed by atoms with Crippen molar-refractivity contribution in [3.63, 3.8) is 0 Å². The lowest BCUT2D eigenvalue weighted by atomic mass is 9.94. The van der Waals surface area contributed by atoms with E-state index in [2.05, 4.69) is 11.4 Å². The van der Waals surface area contributed by atoms with Crippen LogP contribution in [0.15, 0.2) is 11.6 Å². The lowest BCUT2D eigenvalue weighted by Gasteiger charge is -2.29. The van der Waals surface area contributed by atoms with Crippen LogP contribution in [0.5, 0.6) is 0 Å². The zero-order valence-electron chi connectivity index (χ0n) is 17.3. The highest BCUT2D eigenvalue weighted by atomic mass is 19.1. The fourth-order valence-corrected chi connectivity index (χ4v) is 4.18. The van der Waals surface area contributed by atoms with Crippen molar-refractivity contribution >= 4 is 17.7 Å². The number of hydrogen-bond acceptors (Lipinski definition) is 4. The van der Waals surface area contributed by atoms with E-state index in [1.165, 1.54) is 28.8 Å². The van der Waals surface area contributed by atoms with Crippen LogP contribution in [0.4, 0.5) is 4.39 Å². The van der Waals surface area contributed by atoms with Crippen molar-refractivity contribution in [1.29, 1.82) is 0 Å². The lowest BCUT2D eigenvalue weighted by Crippen LogP contribution is -2.51. The molecule has 29 heavy (non-hydrogen) atoms. The zero-order valence-corrected chi connectivity index (χ0v) is 17.3. The maximum atomic E-state index is 14.5. The van der Waals surface area contributed by atoms with Gasteiger partial charge in [0.2, 0.25) is 11.8 Å². The van der Waals surface area contributed by atoms with E-state index in [0.29, 0.717) is 32.4 Å². The summed E-state index contributed by atoms with van der Waals surface area (Å²) in [6, 6.07) is -0.628. The summed E-state index contributed by atoms with van der Waals surface area (Å²) in [7, 11) is 0. The minimum atomic E-state index is -2.14. The molecule has 2 unspecified atom stereocenters. The fraction of sp³-hybridized carbons (Fsp3) is 0.762. The van der Waals surface area contributed by atoms with Gasteiger partial charge in [0.1, 0.15) is 6.04 Å². The molecule has 2 rings (SSSR count). The highest BCUT2D eigenvalue weighted by Gasteiger charge is 2.41. The number of allylic oxidation sites excluding steroid dienone is 1. The molecule has 3 amide bonds. The molecule has 1 heterocycles. The highest BCUT2D eigenvalue weighted by molar-refractivity contribution is 5.92. The summed E-state index contributed by atoms with van der Waals surface area (Å²) in [6.07, 6.45) is 8.22. The molecule has 3 atom stereocenters. The molecule has 1 fully saturated rings. The summed E-state index contributed by atoms with van der Waals surface area (Å²) in [5.41, 5.74) is 2.66. The Balaban J connectivity index is 1.96. The van der Waals surface area contributed by atoms with E-state index < -0.39 is 29.9 Å². The number of alkyl halides is 1. The van der Waals surface area contributed by atoms with E-state index in [-0.39, 0.29) is 12.3 Å². The molecule has 0 aromatic rings. The normalized spacial score (nSPS) is 21.3. The van der Waals surface area contributed by atoms with E-state index in [1.54, 1.807) is 0 Å². The van der Waals surface area contributed by atoms with Crippen LogP contribution in [0.2, 0.25) is 0 Å². The van der Waals surface area contributed by atoms with Crippen molar-refractivity contribution in [2.45, 2.75) is 83.3 Å². The predicted molar refractivity (Wildman–Crippen MR) is 107 cm³/mol. The largest absolute Gasteiger partial charge is 0.354 e. The summed E-state index contributed by atoms with van der Waals surface area (Å²) < 4.78 is 14.5. The van der Waals surface area contributed by atoms with Crippen LogP contribution in [0.1, 0.15) is 71.1 Å². The van der Waals surface area contributed by atoms with Gasteiger partial charge in [-0.15, -0.1) is 0 Å². The Labute approximate surface area is 172 Å². The van der Waals surface area contributed by atoms with E-state index in [0.717, 1.165) is 25.7 Å². The molecule has 1 aliphatic carbocycles. The third-order valence-electron chi connectivity index (χ3n) is 5.87. The van der Waals surface area contributed by atoms with Gasteiger partial charge in [-0.3, -0.25) is 19.6 Å². The number of hydroxylamine groups is 1. The second kappa shape index (κ2) is 11.9. The first-order valence-electron chi connectivity index (χ1n) is 10.8. The number of nitrogens with zero attached hydrogens (tertiary/aromatic N) is 1. The van der Waals surface area contributed by atoms with Gasteiger partial charge in [-0.05, 0) is 51.4 Å². The smallest absolute Gasteiger partial charge is 0.278 e. The Bertz CT molecular complexity index is 611. The number of nitrogens with one attached hydrogen (secondary N) is 2. The number of unbranched alkanes of at least 4 members (excludes halogenated alkanes) is 1. The Morgan fingerprint density at radius 1 is 1.31 bits per heavy atom. The first-order valence-corrected chi connectivity index (χ1v) is 10.8. The average molecular weight is 412 g/mol. The topological polar surface area (TPSA) is 98.7 Å². The number of hydrogen-bond donors (Lipinski definition) is 3. The van der Waals surface area contributed by atoms with Gasteiger partial charge in [-0.2, -0.15) is 0 Å². The van der Waals surface area contributed by atoms with Gasteiger partial charge in [-0.25, -0.2) is 9.87 Å². The van der Waals surface area contributed by atoms with Gasteiger partial charge >= 0.3 is 0 Å². The number of carbonyl (C=O) groups is 3. The number of likely N-dealkylation sites (tertiary alicyclic amines) is 1. The molecule has 8 heteroatoms. The quantitative estimate of drug-likeness (QED) is 0.292. The number of carbonyl (C=O) groups excluding carboxylic acids is 3. The average Bonchev–Trinajstić information content (AvgIpc) is 3.23. The molecular weight excluding hydrogens is 377 g/mol. The third kappa shape index (κ3) is 6.52. The third-order valence-corrected chi connectivity index (χ3v) is 5.87. The van der Waals surface area contributed by atoms with Crippen LogP contribution < -0.4 is 10.8 Å². The molecule has 1 aliphatic heterocycles. The van der Waals surface area contributed by atoms with E-state index >= 15 is 0 Å². The summed E-state index contributed by atoms with van der Waals surface area (Å²) in [4.78, 5) is 38.6. The SMILES string of the molecule is CCCCC(C(=O)N1CCC[C@H]1C(=O)NCCC1=CCCCC1)C(F)C(=O)NO. The van der Waals surface area contributed by atoms with Gasteiger partial charge in [-0.1, -0.05) is 31.4 Å². The molecule has 3 N–H and O–H groups in total. The van der Waals surface area contributed by atoms with Crippen molar-refractivity contribution < 1.29 is 24.0 Å². The minimum absolute atomic E-state index is 0.197. The highest BCUT2D eigenvalue weighted by Crippen LogP contribution is 2.26. The molecule has 0 saturated carbocycles. The molecule has 0 aromatic carbocycles. The second-order valence-electron chi connectivity index (χ2n) is 7.97. The molecule has 7 nitrogen and oxygen atoms in total. The standard InChI is InChI=1S/C21H34FN3O4/c1-2-3-10-16(18(22)20(27)24-29)21(28)25-14-7-11-17(25)19(26)23-13-12-15-8-5-4-6-9-15/h8,16-18,29H,2-7,9-14H2,1H3,(H,23,26)(H,24,27)/t16?,17-,18?/m0/s1. The molecular formula is C21H34FN3O4. The van der Waals surface area contributed by atoms with Crippen molar-refractivity contribution in [3.8, 4) is 0 Å². The van der Waals surface area contributed by atoms with Gasteiger partial charge in [0.05, 0.1) is 5.92 Å². The Morgan fingerprint density at radius 3 is 2.76 bits per heavy atom. The van der Waals surface area contributed by atoms with Gasteiger partial charge in [0.25, 0.3) is 5.91 Å². The number of rotatable bonds is 10. The maximum absolute atomic E-state index is 14.5. The second-order valence-corrected chi connectivity index (χ2v) is 7.97. The van der Waals surface area contributed by atoms with E-state index in [9.17, 15) is 18.8 Å².